The normalized spacial score (nSPS) is 10.8. The molecule has 96 valence electrons. The van der Waals surface area contributed by atoms with Crippen LogP contribution in [0.1, 0.15) is 16.3 Å². The molecule has 0 radical (unpaired) electrons. The molecule has 0 aliphatic heterocycles. The largest absolute Gasteiger partial charge is 0.463 e. The molecule has 8 nitrogen and oxygen atoms in total. The Kier molecular flexibility index (Phi) is 2.48. The van der Waals surface area contributed by atoms with Gasteiger partial charge in [0.05, 0.1) is 12.8 Å². The number of fused-ring (bicyclic) bond motifs is 1. The second-order valence-corrected chi connectivity index (χ2v) is 3.87. The molecule has 19 heavy (non-hydrogen) atoms. The van der Waals surface area contributed by atoms with Crippen molar-refractivity contribution in [3.63, 3.8) is 0 Å². The Morgan fingerprint density at radius 3 is 2.95 bits per heavy atom. The maximum Gasteiger partial charge on any atom is 0.377 e. The number of rotatable bonds is 2. The Morgan fingerprint density at radius 2 is 2.16 bits per heavy atom. The van der Waals surface area contributed by atoms with Crippen LogP contribution in [0, 0.1) is 6.92 Å². The summed E-state index contributed by atoms with van der Waals surface area (Å²) in [5.41, 5.74) is 1.64. The summed E-state index contributed by atoms with van der Waals surface area (Å²) >= 11 is 0. The second-order valence-electron chi connectivity index (χ2n) is 3.87. The van der Waals surface area contributed by atoms with E-state index in [9.17, 15) is 4.79 Å². The van der Waals surface area contributed by atoms with Gasteiger partial charge >= 0.3 is 5.97 Å². The van der Waals surface area contributed by atoms with Crippen LogP contribution in [0.3, 0.4) is 0 Å². The number of methoxy groups -OCH3 is 1. The van der Waals surface area contributed by atoms with Gasteiger partial charge in [0.15, 0.2) is 5.82 Å². The molecule has 0 atom stereocenters. The van der Waals surface area contributed by atoms with Crippen LogP contribution < -0.4 is 0 Å². The van der Waals surface area contributed by atoms with Crippen LogP contribution in [0.2, 0.25) is 0 Å². The van der Waals surface area contributed by atoms with E-state index in [-0.39, 0.29) is 5.82 Å². The zero-order chi connectivity index (χ0) is 13.4. The SMILES string of the molecule is COC(=O)c1ncn(-c2nccn3nc(C)cc23)n1. The fraction of sp³-hybridized carbons (Fsp3) is 0.182. The monoisotopic (exact) mass is 258 g/mol. The van der Waals surface area contributed by atoms with E-state index in [2.05, 4.69) is 24.9 Å². The summed E-state index contributed by atoms with van der Waals surface area (Å²) in [5, 5.41) is 8.32. The highest BCUT2D eigenvalue weighted by Gasteiger charge is 2.14. The molecular formula is C11H10N6O2. The number of nitrogens with zero attached hydrogens (tertiary/aromatic N) is 6. The number of esters is 1. The maximum atomic E-state index is 11.3. The summed E-state index contributed by atoms with van der Waals surface area (Å²) in [6.07, 6.45) is 4.76. The van der Waals surface area contributed by atoms with Gasteiger partial charge in [0.1, 0.15) is 11.8 Å². The fourth-order valence-corrected chi connectivity index (χ4v) is 1.76. The lowest BCUT2D eigenvalue weighted by atomic mass is 10.4. The Bertz CT molecular complexity index is 759. The van der Waals surface area contributed by atoms with Gasteiger partial charge in [-0.1, -0.05) is 0 Å². The highest BCUT2D eigenvalue weighted by Crippen LogP contribution is 2.13. The molecular weight excluding hydrogens is 248 g/mol. The van der Waals surface area contributed by atoms with Gasteiger partial charge in [0, 0.05) is 12.4 Å². The van der Waals surface area contributed by atoms with Crippen molar-refractivity contribution in [1.29, 1.82) is 0 Å². The molecule has 0 saturated heterocycles. The number of aryl methyl sites for hydroxylation is 1. The number of hydrogen-bond acceptors (Lipinski definition) is 6. The van der Waals surface area contributed by atoms with Crippen LogP contribution in [0.25, 0.3) is 11.3 Å². The first-order valence-electron chi connectivity index (χ1n) is 5.50. The van der Waals surface area contributed by atoms with Crippen LogP contribution in [0.5, 0.6) is 0 Å². The van der Waals surface area contributed by atoms with E-state index in [1.807, 2.05) is 13.0 Å². The van der Waals surface area contributed by atoms with Crippen LogP contribution >= 0.6 is 0 Å². The van der Waals surface area contributed by atoms with E-state index in [1.165, 1.54) is 18.1 Å². The second kappa shape index (κ2) is 4.16. The molecule has 8 heteroatoms. The summed E-state index contributed by atoms with van der Waals surface area (Å²) in [6, 6.07) is 1.88. The summed E-state index contributed by atoms with van der Waals surface area (Å²) < 4.78 is 7.67. The molecule has 0 aliphatic carbocycles. The zero-order valence-corrected chi connectivity index (χ0v) is 10.3. The van der Waals surface area contributed by atoms with Gasteiger partial charge in [0.25, 0.3) is 5.82 Å². The summed E-state index contributed by atoms with van der Waals surface area (Å²) in [7, 11) is 1.28. The molecule has 0 unspecified atom stereocenters. The number of carbonyl (C=O) groups excluding carboxylic acids is 1. The van der Waals surface area contributed by atoms with Crippen molar-refractivity contribution in [2.45, 2.75) is 6.92 Å². The lowest BCUT2D eigenvalue weighted by Gasteiger charge is -2.00. The highest BCUT2D eigenvalue weighted by atomic mass is 16.5. The predicted molar refractivity (Wildman–Crippen MR) is 64.0 cm³/mol. The van der Waals surface area contributed by atoms with Gasteiger partial charge < -0.3 is 4.74 Å². The first-order valence-corrected chi connectivity index (χ1v) is 5.50. The molecule has 0 spiro atoms. The zero-order valence-electron chi connectivity index (χ0n) is 10.3. The van der Waals surface area contributed by atoms with Crippen molar-refractivity contribution in [2.75, 3.05) is 7.11 Å². The molecule has 0 amide bonds. The predicted octanol–water partition coefficient (Wildman–Crippen LogP) is 0.405. The molecule has 0 N–H and O–H groups in total. The number of aromatic nitrogens is 6. The fourth-order valence-electron chi connectivity index (χ4n) is 1.76. The van der Waals surface area contributed by atoms with E-state index in [0.29, 0.717) is 5.82 Å². The van der Waals surface area contributed by atoms with Gasteiger partial charge in [-0.25, -0.2) is 19.3 Å². The highest BCUT2D eigenvalue weighted by molar-refractivity contribution is 5.84. The smallest absolute Gasteiger partial charge is 0.377 e. The van der Waals surface area contributed by atoms with Crippen molar-refractivity contribution in [1.82, 2.24) is 29.4 Å². The molecule has 0 saturated carbocycles. The lowest BCUT2D eigenvalue weighted by molar-refractivity contribution is 0.0587. The molecule has 3 aromatic heterocycles. The molecule has 0 aliphatic rings. The minimum absolute atomic E-state index is 0.0115. The standard InChI is InChI=1S/C11H10N6O2/c1-7-5-8-10(12-3-4-16(8)14-7)17-6-13-9(15-17)11(18)19-2/h3-6H,1-2H3. The first kappa shape index (κ1) is 11.3. The van der Waals surface area contributed by atoms with E-state index in [4.69, 9.17) is 0 Å². The van der Waals surface area contributed by atoms with Gasteiger partial charge in [0.2, 0.25) is 0 Å². The first-order chi connectivity index (χ1) is 9.19. The minimum atomic E-state index is -0.588. The molecule has 0 bridgehead atoms. The quantitative estimate of drug-likeness (QED) is 0.618. The number of ether oxygens (including phenoxy) is 1. The van der Waals surface area contributed by atoms with Crippen molar-refractivity contribution >= 4 is 11.5 Å². The van der Waals surface area contributed by atoms with Crippen molar-refractivity contribution in [3.05, 3.63) is 36.3 Å². The molecule has 3 heterocycles. The maximum absolute atomic E-state index is 11.3. The van der Waals surface area contributed by atoms with E-state index < -0.39 is 5.97 Å². The average molecular weight is 258 g/mol. The summed E-state index contributed by atoms with van der Waals surface area (Å²) in [4.78, 5) is 19.4. The molecule has 3 rings (SSSR count). The third kappa shape index (κ3) is 1.82. The Morgan fingerprint density at radius 1 is 1.32 bits per heavy atom. The number of hydrogen-bond donors (Lipinski definition) is 0. The van der Waals surface area contributed by atoms with Gasteiger partial charge in [-0.05, 0) is 13.0 Å². The molecule has 3 aromatic rings. The average Bonchev–Trinajstić information content (AvgIpc) is 3.02. The third-order valence-corrected chi connectivity index (χ3v) is 2.57. The van der Waals surface area contributed by atoms with Crippen molar-refractivity contribution < 1.29 is 9.53 Å². The third-order valence-electron chi connectivity index (χ3n) is 2.57. The van der Waals surface area contributed by atoms with Crippen molar-refractivity contribution in [2.24, 2.45) is 0 Å². The summed E-state index contributed by atoms with van der Waals surface area (Å²) in [5.74, 6) is -0.0521. The lowest BCUT2D eigenvalue weighted by Crippen LogP contribution is -2.06. The van der Waals surface area contributed by atoms with Crippen LogP contribution in [-0.2, 0) is 4.74 Å². The Labute approximate surface area is 107 Å². The van der Waals surface area contributed by atoms with Crippen LogP contribution in [0.15, 0.2) is 24.8 Å². The molecule has 0 fully saturated rings. The van der Waals surface area contributed by atoms with Crippen LogP contribution in [0.4, 0.5) is 0 Å². The van der Waals surface area contributed by atoms with Crippen molar-refractivity contribution in [3.8, 4) is 5.82 Å². The molecule has 0 aromatic carbocycles. The Hall–Kier alpha value is -2.77. The number of carbonyl (C=O) groups is 1. The van der Waals surface area contributed by atoms with Crippen LogP contribution in [-0.4, -0.2) is 42.4 Å². The minimum Gasteiger partial charge on any atom is -0.463 e. The van der Waals surface area contributed by atoms with Gasteiger partial charge in [-0.2, -0.15) is 9.78 Å². The Balaban J connectivity index is 2.13. The topological polar surface area (TPSA) is 87.2 Å². The van der Waals surface area contributed by atoms with E-state index in [0.717, 1.165) is 11.2 Å². The van der Waals surface area contributed by atoms with E-state index in [1.54, 1.807) is 16.9 Å². The van der Waals surface area contributed by atoms with Gasteiger partial charge in [-0.3, -0.25) is 0 Å². The van der Waals surface area contributed by atoms with E-state index >= 15 is 0 Å². The summed E-state index contributed by atoms with van der Waals surface area (Å²) in [6.45, 7) is 1.89. The van der Waals surface area contributed by atoms with Gasteiger partial charge in [-0.15, -0.1) is 5.10 Å².